The van der Waals surface area contributed by atoms with Gasteiger partial charge in [-0.1, -0.05) is 12.8 Å². The second kappa shape index (κ2) is 6.96. The third kappa shape index (κ3) is 3.82. The van der Waals surface area contributed by atoms with Crippen LogP contribution >= 0.6 is 0 Å². The summed E-state index contributed by atoms with van der Waals surface area (Å²) < 4.78 is 0. The highest BCUT2D eigenvalue weighted by Crippen LogP contribution is 2.52. The summed E-state index contributed by atoms with van der Waals surface area (Å²) in [4.78, 5) is 36.2. The molecule has 4 aliphatic rings. The number of rotatable bonds is 6. The zero-order valence-electron chi connectivity index (χ0n) is 15.1. The molecule has 0 saturated heterocycles. The van der Waals surface area contributed by atoms with Crippen molar-refractivity contribution in [2.45, 2.75) is 89.1 Å². The number of hydrogen-bond acceptors (Lipinski definition) is 3. The van der Waals surface area contributed by atoms with Crippen molar-refractivity contribution in [3.63, 3.8) is 0 Å². The van der Waals surface area contributed by atoms with E-state index in [1.54, 1.807) is 6.92 Å². The smallest absolute Gasteiger partial charge is 0.309 e. The van der Waals surface area contributed by atoms with Gasteiger partial charge in [0.15, 0.2) is 0 Å². The van der Waals surface area contributed by atoms with Crippen molar-refractivity contribution < 1.29 is 19.5 Å². The van der Waals surface area contributed by atoms with E-state index in [-0.39, 0.29) is 17.4 Å². The standard InChI is InChI=1S/C19H30N2O4/c1-13(20-15(22)12-14-4-2-3-5-14)16(23)21-19-9-6-18(7-10-19,8-11-19)17(24)25/h13-14H,2-12H2,1H3,(H,20,22)(H,21,23)(H,24,25). The summed E-state index contributed by atoms with van der Waals surface area (Å²) in [6, 6.07) is -0.545. The summed E-state index contributed by atoms with van der Waals surface area (Å²) in [6.45, 7) is 1.73. The van der Waals surface area contributed by atoms with Crippen molar-refractivity contribution in [1.82, 2.24) is 10.6 Å². The molecule has 1 unspecified atom stereocenters. The molecular weight excluding hydrogens is 320 g/mol. The Kier molecular flexibility index (Phi) is 5.07. The van der Waals surface area contributed by atoms with E-state index in [4.69, 9.17) is 0 Å². The summed E-state index contributed by atoms with van der Waals surface area (Å²) in [7, 11) is 0. The fourth-order valence-electron chi connectivity index (χ4n) is 4.91. The van der Waals surface area contributed by atoms with Crippen LogP contribution < -0.4 is 10.6 Å². The first-order chi connectivity index (χ1) is 11.8. The lowest BCUT2D eigenvalue weighted by molar-refractivity contribution is -0.157. The molecule has 0 aliphatic heterocycles. The van der Waals surface area contributed by atoms with Gasteiger partial charge in [0.2, 0.25) is 11.8 Å². The minimum atomic E-state index is -0.695. The normalized spacial score (nSPS) is 33.0. The number of nitrogens with one attached hydrogen (secondary N) is 2. The molecule has 2 bridgehead atoms. The van der Waals surface area contributed by atoms with Crippen molar-refractivity contribution in [2.75, 3.05) is 0 Å². The fraction of sp³-hybridized carbons (Fsp3) is 0.842. The van der Waals surface area contributed by atoms with Crippen LogP contribution in [0, 0.1) is 11.3 Å². The van der Waals surface area contributed by atoms with Crippen LogP contribution in [-0.4, -0.2) is 34.5 Å². The number of amides is 2. The van der Waals surface area contributed by atoms with Crippen LogP contribution in [0.5, 0.6) is 0 Å². The van der Waals surface area contributed by atoms with Gasteiger partial charge < -0.3 is 15.7 Å². The van der Waals surface area contributed by atoms with E-state index < -0.39 is 17.4 Å². The van der Waals surface area contributed by atoms with E-state index >= 15 is 0 Å². The molecule has 0 spiro atoms. The zero-order chi connectivity index (χ0) is 18.1. The van der Waals surface area contributed by atoms with Gasteiger partial charge in [0.25, 0.3) is 0 Å². The van der Waals surface area contributed by atoms with Crippen LogP contribution in [0.15, 0.2) is 0 Å². The van der Waals surface area contributed by atoms with Crippen molar-refractivity contribution in [2.24, 2.45) is 11.3 Å². The molecule has 4 aliphatic carbocycles. The average Bonchev–Trinajstić information content (AvgIpc) is 3.08. The van der Waals surface area contributed by atoms with Gasteiger partial charge in [0.1, 0.15) is 6.04 Å². The van der Waals surface area contributed by atoms with Crippen molar-refractivity contribution >= 4 is 17.8 Å². The molecule has 4 fully saturated rings. The largest absolute Gasteiger partial charge is 0.481 e. The van der Waals surface area contributed by atoms with Gasteiger partial charge in [-0.2, -0.15) is 0 Å². The van der Waals surface area contributed by atoms with Gasteiger partial charge in [-0.05, 0) is 64.2 Å². The van der Waals surface area contributed by atoms with Crippen molar-refractivity contribution in [1.29, 1.82) is 0 Å². The molecule has 0 aromatic rings. The SMILES string of the molecule is CC(NC(=O)CC1CCCC1)C(=O)NC12CCC(C(=O)O)(CC1)CC2. The number of carbonyl (C=O) groups is 3. The van der Waals surface area contributed by atoms with Crippen molar-refractivity contribution in [3.05, 3.63) is 0 Å². The predicted octanol–water partition coefficient (Wildman–Crippen LogP) is 2.37. The van der Waals surface area contributed by atoms with Crippen LogP contribution in [0.1, 0.15) is 77.6 Å². The Morgan fingerprint density at radius 3 is 2.12 bits per heavy atom. The monoisotopic (exact) mass is 350 g/mol. The number of fused-ring (bicyclic) bond motifs is 3. The van der Waals surface area contributed by atoms with Gasteiger partial charge in [-0.25, -0.2) is 0 Å². The first-order valence-electron chi connectivity index (χ1n) is 9.69. The van der Waals surface area contributed by atoms with Crippen LogP contribution in [0.2, 0.25) is 0 Å². The molecule has 6 nitrogen and oxygen atoms in total. The topological polar surface area (TPSA) is 95.5 Å². The molecule has 0 aromatic heterocycles. The molecule has 3 N–H and O–H groups in total. The Hall–Kier alpha value is -1.59. The predicted molar refractivity (Wildman–Crippen MR) is 92.8 cm³/mol. The Morgan fingerprint density at radius 2 is 1.60 bits per heavy atom. The van der Waals surface area contributed by atoms with Gasteiger partial charge in [-0.15, -0.1) is 0 Å². The highest BCUT2D eigenvalue weighted by atomic mass is 16.4. The van der Waals surface area contributed by atoms with E-state index in [2.05, 4.69) is 10.6 Å². The summed E-state index contributed by atoms with van der Waals surface area (Å²) >= 11 is 0. The quantitative estimate of drug-likeness (QED) is 0.685. The maximum Gasteiger partial charge on any atom is 0.309 e. The van der Waals surface area contributed by atoms with E-state index in [9.17, 15) is 19.5 Å². The summed E-state index contributed by atoms with van der Waals surface area (Å²) in [5.41, 5.74) is -0.855. The molecule has 4 saturated carbocycles. The number of aliphatic carboxylic acids is 1. The Balaban J connectivity index is 1.48. The summed E-state index contributed by atoms with van der Waals surface area (Å²) in [5, 5.41) is 15.4. The van der Waals surface area contributed by atoms with E-state index in [1.807, 2.05) is 0 Å². The molecule has 1 atom stereocenters. The second-order valence-corrected chi connectivity index (χ2v) is 8.50. The van der Waals surface area contributed by atoms with Crippen LogP contribution in [0.3, 0.4) is 0 Å². The highest BCUT2D eigenvalue weighted by molar-refractivity contribution is 5.88. The molecule has 0 heterocycles. The first-order valence-corrected chi connectivity index (χ1v) is 9.69. The fourth-order valence-corrected chi connectivity index (χ4v) is 4.91. The summed E-state index contributed by atoms with van der Waals surface area (Å²) in [5.74, 6) is -0.414. The molecule has 4 rings (SSSR count). The minimum absolute atomic E-state index is 0.0377. The number of carboxylic acids is 1. The molecule has 6 heteroatoms. The number of carbonyl (C=O) groups excluding carboxylic acids is 2. The lowest BCUT2D eigenvalue weighted by Crippen LogP contribution is -2.61. The van der Waals surface area contributed by atoms with Crippen molar-refractivity contribution in [3.8, 4) is 0 Å². The highest BCUT2D eigenvalue weighted by Gasteiger charge is 2.53. The Bertz CT molecular complexity index is 529. The van der Waals surface area contributed by atoms with Gasteiger partial charge in [0, 0.05) is 12.0 Å². The van der Waals surface area contributed by atoms with E-state index in [1.165, 1.54) is 12.8 Å². The maximum absolute atomic E-state index is 12.5. The third-order valence-electron chi connectivity index (χ3n) is 6.81. The Labute approximate surface area is 149 Å². The third-order valence-corrected chi connectivity index (χ3v) is 6.81. The Morgan fingerprint density at radius 1 is 1.04 bits per heavy atom. The lowest BCUT2D eigenvalue weighted by Gasteiger charge is -2.51. The molecule has 25 heavy (non-hydrogen) atoms. The minimum Gasteiger partial charge on any atom is -0.481 e. The van der Waals surface area contributed by atoms with E-state index in [0.717, 1.165) is 12.8 Å². The number of carboxylic acid groups (broad SMARTS) is 1. The first kappa shape index (κ1) is 18.2. The lowest BCUT2D eigenvalue weighted by atomic mass is 9.57. The van der Waals surface area contributed by atoms with E-state index in [0.29, 0.717) is 50.9 Å². The molecule has 2 amide bonds. The van der Waals surface area contributed by atoms with Gasteiger partial charge >= 0.3 is 5.97 Å². The molecular formula is C19H30N2O4. The van der Waals surface area contributed by atoms with Gasteiger partial charge in [-0.3, -0.25) is 14.4 Å². The van der Waals surface area contributed by atoms with Crippen LogP contribution in [0.25, 0.3) is 0 Å². The molecule has 0 radical (unpaired) electrons. The van der Waals surface area contributed by atoms with Crippen LogP contribution in [0.4, 0.5) is 0 Å². The van der Waals surface area contributed by atoms with Gasteiger partial charge in [0.05, 0.1) is 5.41 Å². The summed E-state index contributed by atoms with van der Waals surface area (Å²) in [6.07, 6.45) is 9.19. The maximum atomic E-state index is 12.5. The zero-order valence-corrected chi connectivity index (χ0v) is 15.1. The molecule has 0 aromatic carbocycles. The second-order valence-electron chi connectivity index (χ2n) is 8.50. The molecule has 140 valence electrons. The van der Waals surface area contributed by atoms with Crippen LogP contribution in [-0.2, 0) is 14.4 Å². The average molecular weight is 350 g/mol. The number of hydrogen-bond donors (Lipinski definition) is 3.